The van der Waals surface area contributed by atoms with Crippen molar-refractivity contribution in [1.29, 1.82) is 0 Å². The molecule has 70 valence electrons. The first-order valence-corrected chi connectivity index (χ1v) is 4.55. The van der Waals surface area contributed by atoms with E-state index in [0.29, 0.717) is 12.5 Å². The number of nitrogens with zero attached hydrogens (tertiary/aromatic N) is 1. The van der Waals surface area contributed by atoms with Crippen LogP contribution < -0.4 is 5.73 Å². The summed E-state index contributed by atoms with van der Waals surface area (Å²) in [5, 5.41) is 9.06. The Balaban J connectivity index is 2.25. The van der Waals surface area contributed by atoms with E-state index in [1.54, 1.807) is 12.4 Å². The Morgan fingerprint density at radius 1 is 1.54 bits per heavy atom. The molecule has 0 radical (unpaired) electrons. The van der Waals surface area contributed by atoms with Crippen molar-refractivity contribution < 1.29 is 5.11 Å². The van der Waals surface area contributed by atoms with Crippen LogP contribution in [0, 0.1) is 5.92 Å². The summed E-state index contributed by atoms with van der Waals surface area (Å²) in [4.78, 5) is 3.97. The quantitative estimate of drug-likeness (QED) is 0.699. The van der Waals surface area contributed by atoms with Crippen LogP contribution in [0.4, 0.5) is 0 Å². The van der Waals surface area contributed by atoms with E-state index in [1.165, 1.54) is 5.56 Å². The van der Waals surface area contributed by atoms with E-state index < -0.39 is 0 Å². The predicted octanol–water partition coefficient (Wildman–Crippen LogP) is 0.290. The van der Waals surface area contributed by atoms with E-state index in [1.807, 2.05) is 12.1 Å². The lowest BCUT2D eigenvalue weighted by molar-refractivity contribution is 0.264. The van der Waals surface area contributed by atoms with Crippen LogP contribution in [0.3, 0.4) is 0 Å². The molecule has 1 fully saturated rings. The molecule has 1 aliphatic rings. The van der Waals surface area contributed by atoms with Crippen LogP contribution in [0.2, 0.25) is 0 Å². The Morgan fingerprint density at radius 2 is 2.23 bits per heavy atom. The summed E-state index contributed by atoms with van der Waals surface area (Å²) in [6.45, 7) is 0.849. The van der Waals surface area contributed by atoms with E-state index in [9.17, 15) is 0 Å². The second-order valence-electron chi connectivity index (χ2n) is 3.68. The zero-order valence-corrected chi connectivity index (χ0v) is 7.48. The van der Waals surface area contributed by atoms with Gasteiger partial charge in [0, 0.05) is 31.0 Å². The Hall–Kier alpha value is -0.930. The van der Waals surface area contributed by atoms with Crippen LogP contribution in [-0.4, -0.2) is 23.2 Å². The number of rotatable bonds is 3. The summed E-state index contributed by atoms with van der Waals surface area (Å²) in [5.74, 6) is 0.347. The number of pyridine rings is 1. The third kappa shape index (κ3) is 1.24. The van der Waals surface area contributed by atoms with E-state index >= 15 is 0 Å². The van der Waals surface area contributed by atoms with Gasteiger partial charge in [-0.05, 0) is 30.0 Å². The predicted molar refractivity (Wildman–Crippen MR) is 50.2 cm³/mol. The molecule has 0 bridgehead atoms. The van der Waals surface area contributed by atoms with Gasteiger partial charge < -0.3 is 10.8 Å². The molecule has 1 aromatic rings. The highest BCUT2D eigenvalue weighted by Gasteiger charge is 2.53. The average molecular weight is 178 g/mol. The van der Waals surface area contributed by atoms with Crippen molar-refractivity contribution in [3.8, 4) is 0 Å². The van der Waals surface area contributed by atoms with Crippen molar-refractivity contribution in [1.82, 2.24) is 4.98 Å². The molecular formula is C10H14N2O. The van der Waals surface area contributed by atoms with Gasteiger partial charge in [0.25, 0.3) is 0 Å². The highest BCUT2D eigenvalue weighted by molar-refractivity contribution is 5.32. The number of aromatic nitrogens is 1. The minimum atomic E-state index is 0.0394. The molecule has 0 spiro atoms. The standard InChI is InChI=1S/C10H14N2O/c11-7-10(5-9(10)6-13)8-1-3-12-4-2-8/h1-4,9,13H,5-7,11H2. The van der Waals surface area contributed by atoms with Gasteiger partial charge in [-0.2, -0.15) is 0 Å². The minimum absolute atomic E-state index is 0.0394. The maximum absolute atomic E-state index is 9.06. The van der Waals surface area contributed by atoms with Crippen LogP contribution in [0.15, 0.2) is 24.5 Å². The first-order valence-electron chi connectivity index (χ1n) is 4.55. The van der Waals surface area contributed by atoms with Crippen LogP contribution in [0.1, 0.15) is 12.0 Å². The number of aliphatic hydroxyl groups excluding tert-OH is 1. The lowest BCUT2D eigenvalue weighted by atomic mass is 9.94. The highest BCUT2D eigenvalue weighted by atomic mass is 16.3. The topological polar surface area (TPSA) is 59.1 Å². The Morgan fingerprint density at radius 3 is 2.69 bits per heavy atom. The van der Waals surface area contributed by atoms with Crippen molar-refractivity contribution in [3.63, 3.8) is 0 Å². The first kappa shape index (κ1) is 8.66. The molecule has 13 heavy (non-hydrogen) atoms. The van der Waals surface area contributed by atoms with Crippen molar-refractivity contribution in [2.24, 2.45) is 11.7 Å². The second kappa shape index (κ2) is 3.09. The lowest BCUT2D eigenvalue weighted by Crippen LogP contribution is -2.23. The zero-order valence-electron chi connectivity index (χ0n) is 7.48. The second-order valence-corrected chi connectivity index (χ2v) is 3.68. The minimum Gasteiger partial charge on any atom is -0.396 e. The summed E-state index contributed by atoms with van der Waals surface area (Å²) in [6.07, 6.45) is 4.56. The normalized spacial score (nSPS) is 31.7. The molecule has 0 saturated heterocycles. The first-order chi connectivity index (χ1) is 6.33. The van der Waals surface area contributed by atoms with E-state index in [-0.39, 0.29) is 12.0 Å². The maximum atomic E-state index is 9.06. The summed E-state index contributed by atoms with van der Waals surface area (Å²) >= 11 is 0. The van der Waals surface area contributed by atoms with Crippen LogP contribution in [-0.2, 0) is 5.41 Å². The summed E-state index contributed by atoms with van der Waals surface area (Å²) in [6, 6.07) is 3.98. The smallest absolute Gasteiger partial charge is 0.0468 e. The van der Waals surface area contributed by atoms with Crippen molar-refractivity contribution in [3.05, 3.63) is 30.1 Å². The molecule has 2 atom stereocenters. The third-order valence-corrected chi connectivity index (χ3v) is 3.07. The van der Waals surface area contributed by atoms with Crippen LogP contribution in [0.25, 0.3) is 0 Å². The van der Waals surface area contributed by atoms with E-state index in [0.717, 1.165) is 6.42 Å². The summed E-state index contributed by atoms with van der Waals surface area (Å²) in [5.41, 5.74) is 6.99. The van der Waals surface area contributed by atoms with Crippen LogP contribution in [0.5, 0.6) is 0 Å². The molecule has 1 aromatic heterocycles. The molecule has 3 N–H and O–H groups in total. The van der Waals surface area contributed by atoms with Gasteiger partial charge in [-0.3, -0.25) is 4.98 Å². The highest BCUT2D eigenvalue weighted by Crippen LogP contribution is 2.52. The fourth-order valence-electron chi connectivity index (χ4n) is 2.03. The monoisotopic (exact) mass is 178 g/mol. The van der Waals surface area contributed by atoms with Crippen LogP contribution >= 0.6 is 0 Å². The van der Waals surface area contributed by atoms with Gasteiger partial charge in [-0.1, -0.05) is 0 Å². The molecule has 1 saturated carbocycles. The SMILES string of the molecule is NCC1(c2ccncc2)CC1CO. The van der Waals surface area contributed by atoms with Gasteiger partial charge in [0.05, 0.1) is 0 Å². The molecule has 0 amide bonds. The maximum Gasteiger partial charge on any atom is 0.0468 e. The Bertz CT molecular complexity index is 288. The molecule has 1 aliphatic carbocycles. The molecule has 0 aliphatic heterocycles. The van der Waals surface area contributed by atoms with Gasteiger partial charge in [-0.15, -0.1) is 0 Å². The molecule has 2 unspecified atom stereocenters. The number of nitrogens with two attached hydrogens (primary N) is 1. The van der Waals surface area contributed by atoms with Gasteiger partial charge in [0.2, 0.25) is 0 Å². The number of hydrogen-bond acceptors (Lipinski definition) is 3. The van der Waals surface area contributed by atoms with Crippen molar-refractivity contribution in [2.75, 3.05) is 13.2 Å². The van der Waals surface area contributed by atoms with E-state index in [2.05, 4.69) is 4.98 Å². The van der Waals surface area contributed by atoms with Gasteiger partial charge >= 0.3 is 0 Å². The number of aliphatic hydroxyl groups is 1. The van der Waals surface area contributed by atoms with Gasteiger partial charge in [0.1, 0.15) is 0 Å². The zero-order chi connectivity index (χ0) is 9.31. The molecule has 2 rings (SSSR count). The number of hydrogen-bond donors (Lipinski definition) is 2. The lowest BCUT2D eigenvalue weighted by Gasteiger charge is -2.14. The molecule has 3 heteroatoms. The van der Waals surface area contributed by atoms with Crippen molar-refractivity contribution >= 4 is 0 Å². The van der Waals surface area contributed by atoms with Gasteiger partial charge in [-0.25, -0.2) is 0 Å². The third-order valence-electron chi connectivity index (χ3n) is 3.07. The fraction of sp³-hybridized carbons (Fsp3) is 0.500. The Kier molecular flexibility index (Phi) is 2.06. The molecule has 1 heterocycles. The van der Waals surface area contributed by atoms with Crippen molar-refractivity contribution in [2.45, 2.75) is 11.8 Å². The molecular weight excluding hydrogens is 164 g/mol. The largest absolute Gasteiger partial charge is 0.396 e. The summed E-state index contributed by atoms with van der Waals surface area (Å²) < 4.78 is 0. The van der Waals surface area contributed by atoms with Gasteiger partial charge in [0.15, 0.2) is 0 Å². The Labute approximate surface area is 77.6 Å². The molecule has 3 nitrogen and oxygen atoms in total. The summed E-state index contributed by atoms with van der Waals surface area (Å²) in [7, 11) is 0. The molecule has 0 aromatic carbocycles. The van der Waals surface area contributed by atoms with E-state index in [4.69, 9.17) is 10.8 Å². The average Bonchev–Trinajstić information content (AvgIpc) is 2.94. The fourth-order valence-corrected chi connectivity index (χ4v) is 2.03.